The number of hydrogen-bond donors (Lipinski definition) is 0. The molecule has 0 heterocycles. The first-order chi connectivity index (χ1) is 10.5. The number of thioether (sulfide) groups is 1. The predicted molar refractivity (Wildman–Crippen MR) is 81.5 cm³/mol. The van der Waals surface area contributed by atoms with Crippen LogP contribution in [0.1, 0.15) is 16.8 Å². The summed E-state index contributed by atoms with van der Waals surface area (Å²) >= 11 is 6.78. The van der Waals surface area contributed by atoms with Gasteiger partial charge in [-0.05, 0) is 48.5 Å². The second-order valence-corrected chi connectivity index (χ2v) is 6.23. The van der Waals surface area contributed by atoms with Gasteiger partial charge in [-0.25, -0.2) is 4.39 Å². The van der Waals surface area contributed by atoms with Crippen LogP contribution in [0.3, 0.4) is 0 Å². The molecular weight excluding hydrogens is 327 g/mol. The lowest BCUT2D eigenvalue weighted by Crippen LogP contribution is -2.35. The normalized spacial score (nSPS) is 11.9. The molecule has 2 rings (SSSR count). The summed E-state index contributed by atoms with van der Waals surface area (Å²) in [7, 11) is 0. The molecule has 0 unspecified atom stereocenters. The lowest BCUT2D eigenvalue weighted by Gasteiger charge is -2.17. The Morgan fingerprint density at radius 2 is 1.68 bits per heavy atom. The number of aliphatic carboxylic acids is 1. The largest absolute Gasteiger partial charge is 0.549 e. The Labute approximate surface area is 136 Å². The molecule has 0 aliphatic heterocycles. The van der Waals surface area contributed by atoms with Gasteiger partial charge in [-0.2, -0.15) is 0 Å². The van der Waals surface area contributed by atoms with Crippen molar-refractivity contribution in [1.29, 1.82) is 0 Å². The van der Waals surface area contributed by atoms with E-state index in [1.165, 1.54) is 12.1 Å². The van der Waals surface area contributed by atoms with Crippen molar-refractivity contribution in [1.82, 2.24) is 0 Å². The summed E-state index contributed by atoms with van der Waals surface area (Å²) in [4.78, 5) is 24.0. The average molecular weight is 338 g/mol. The van der Waals surface area contributed by atoms with Crippen LogP contribution in [0.4, 0.5) is 4.39 Å². The van der Waals surface area contributed by atoms with Crippen molar-refractivity contribution in [3.05, 3.63) is 64.9 Å². The predicted octanol–water partition coefficient (Wildman–Crippen LogP) is 2.96. The van der Waals surface area contributed by atoms with Gasteiger partial charge in [0.1, 0.15) is 5.82 Å². The monoisotopic (exact) mass is 337 g/mol. The minimum atomic E-state index is -1.32. The van der Waals surface area contributed by atoms with E-state index in [9.17, 15) is 19.1 Å². The number of halogens is 2. The molecule has 0 fully saturated rings. The van der Waals surface area contributed by atoms with Gasteiger partial charge in [0.15, 0.2) is 5.78 Å². The molecule has 2 aromatic carbocycles. The number of benzene rings is 2. The number of rotatable bonds is 6. The molecule has 0 radical (unpaired) electrons. The fraction of sp³-hybridized carbons (Fsp3) is 0.125. The average Bonchev–Trinajstić information content (AvgIpc) is 2.49. The first-order valence-electron chi connectivity index (χ1n) is 6.37. The van der Waals surface area contributed by atoms with Gasteiger partial charge in [0.25, 0.3) is 0 Å². The van der Waals surface area contributed by atoms with Gasteiger partial charge in [-0.15, -0.1) is 11.8 Å². The minimum absolute atomic E-state index is 0.235. The van der Waals surface area contributed by atoms with E-state index in [2.05, 4.69) is 0 Å². The van der Waals surface area contributed by atoms with Crippen LogP contribution in [0.2, 0.25) is 5.02 Å². The Morgan fingerprint density at radius 3 is 2.23 bits per heavy atom. The molecule has 0 aliphatic rings. The van der Waals surface area contributed by atoms with E-state index in [1.807, 2.05) is 0 Å². The van der Waals surface area contributed by atoms with E-state index < -0.39 is 17.0 Å². The number of Topliss-reactive ketones (excluding diaryl/α,β-unsaturated/α-hetero) is 1. The number of carboxylic acid groups (broad SMARTS) is 1. The third-order valence-electron chi connectivity index (χ3n) is 2.89. The molecule has 3 nitrogen and oxygen atoms in total. The fourth-order valence-corrected chi connectivity index (χ4v) is 2.85. The first kappa shape index (κ1) is 16.5. The van der Waals surface area contributed by atoms with Gasteiger partial charge in [0.2, 0.25) is 0 Å². The van der Waals surface area contributed by atoms with Crippen molar-refractivity contribution >= 4 is 35.1 Å². The highest BCUT2D eigenvalue weighted by Gasteiger charge is 2.18. The molecule has 0 aliphatic carbocycles. The fourth-order valence-electron chi connectivity index (χ4n) is 1.77. The molecule has 1 atom stereocenters. The van der Waals surface area contributed by atoms with Crippen molar-refractivity contribution in [2.24, 2.45) is 0 Å². The van der Waals surface area contributed by atoms with Crippen molar-refractivity contribution in [3.63, 3.8) is 0 Å². The van der Waals surface area contributed by atoms with Crippen molar-refractivity contribution in [2.75, 3.05) is 0 Å². The summed E-state index contributed by atoms with van der Waals surface area (Å²) in [5.41, 5.74) is 0.268. The summed E-state index contributed by atoms with van der Waals surface area (Å²) < 4.78 is 12.8. The quantitative estimate of drug-likeness (QED) is 0.600. The SMILES string of the molecule is O=C(C[C@H](Sc1ccc(Cl)cc1)C(=O)[O-])c1ccc(F)cc1. The van der Waals surface area contributed by atoms with Crippen molar-refractivity contribution < 1.29 is 19.1 Å². The van der Waals surface area contributed by atoms with E-state index in [-0.39, 0.29) is 17.8 Å². The highest BCUT2D eigenvalue weighted by atomic mass is 35.5. The van der Waals surface area contributed by atoms with Gasteiger partial charge in [-0.1, -0.05) is 11.6 Å². The smallest absolute Gasteiger partial charge is 0.164 e. The second kappa shape index (κ2) is 7.42. The maximum Gasteiger partial charge on any atom is 0.164 e. The van der Waals surface area contributed by atoms with Crippen LogP contribution >= 0.6 is 23.4 Å². The van der Waals surface area contributed by atoms with Crippen LogP contribution in [0.5, 0.6) is 0 Å². The van der Waals surface area contributed by atoms with Gasteiger partial charge >= 0.3 is 0 Å². The third-order valence-corrected chi connectivity index (χ3v) is 4.33. The number of ketones is 1. The Kier molecular flexibility index (Phi) is 5.57. The van der Waals surface area contributed by atoms with Crippen LogP contribution in [-0.4, -0.2) is 17.0 Å². The van der Waals surface area contributed by atoms with Crippen LogP contribution in [0, 0.1) is 5.82 Å². The molecule has 22 heavy (non-hydrogen) atoms. The zero-order chi connectivity index (χ0) is 16.1. The molecule has 0 N–H and O–H groups in total. The van der Waals surface area contributed by atoms with E-state index in [1.54, 1.807) is 24.3 Å². The third kappa shape index (κ3) is 4.58. The molecule has 0 saturated heterocycles. The second-order valence-electron chi connectivity index (χ2n) is 4.51. The zero-order valence-corrected chi connectivity index (χ0v) is 12.9. The minimum Gasteiger partial charge on any atom is -0.549 e. The maximum atomic E-state index is 12.8. The number of carboxylic acids is 1. The van der Waals surface area contributed by atoms with E-state index in [0.29, 0.717) is 9.92 Å². The summed E-state index contributed by atoms with van der Waals surface area (Å²) in [6.45, 7) is 0. The van der Waals surface area contributed by atoms with E-state index in [4.69, 9.17) is 11.6 Å². The van der Waals surface area contributed by atoms with Gasteiger partial charge in [-0.3, -0.25) is 4.79 Å². The van der Waals surface area contributed by atoms with Gasteiger partial charge in [0, 0.05) is 21.9 Å². The van der Waals surface area contributed by atoms with Crippen molar-refractivity contribution in [3.8, 4) is 0 Å². The number of carbonyl (C=O) groups excluding carboxylic acids is 2. The summed E-state index contributed by atoms with van der Waals surface area (Å²) in [5.74, 6) is -2.16. The van der Waals surface area contributed by atoms with E-state index in [0.717, 1.165) is 23.9 Å². The molecule has 0 spiro atoms. The summed E-state index contributed by atoms with van der Waals surface area (Å²) in [6.07, 6.45) is -0.235. The van der Waals surface area contributed by atoms with Crippen molar-refractivity contribution in [2.45, 2.75) is 16.6 Å². The first-order valence-corrected chi connectivity index (χ1v) is 7.63. The van der Waals surface area contributed by atoms with Gasteiger partial charge < -0.3 is 9.90 Å². The molecule has 6 heteroatoms. The molecule has 0 aromatic heterocycles. The lowest BCUT2D eigenvalue weighted by molar-refractivity contribution is -0.304. The Bertz CT molecular complexity index is 671. The van der Waals surface area contributed by atoms with E-state index >= 15 is 0 Å². The molecule has 0 saturated carbocycles. The highest BCUT2D eigenvalue weighted by molar-refractivity contribution is 8.00. The molecular formula is C16H11ClFO3S-. The Balaban J connectivity index is 2.08. The van der Waals surface area contributed by atoms with Crippen LogP contribution in [0.25, 0.3) is 0 Å². The molecule has 0 amide bonds. The summed E-state index contributed by atoms with van der Waals surface area (Å²) in [5, 5.41) is 10.7. The lowest BCUT2D eigenvalue weighted by atomic mass is 10.1. The van der Waals surface area contributed by atoms with Crippen LogP contribution in [0.15, 0.2) is 53.4 Å². The van der Waals surface area contributed by atoms with Crippen LogP contribution in [-0.2, 0) is 4.79 Å². The molecule has 0 bridgehead atoms. The van der Waals surface area contributed by atoms with Gasteiger partial charge in [0.05, 0.1) is 11.2 Å². The number of carbonyl (C=O) groups is 2. The van der Waals surface area contributed by atoms with Crippen LogP contribution < -0.4 is 5.11 Å². The zero-order valence-electron chi connectivity index (χ0n) is 11.3. The Hall–Kier alpha value is -1.85. The topological polar surface area (TPSA) is 57.2 Å². The Morgan fingerprint density at radius 1 is 1.09 bits per heavy atom. The number of hydrogen-bond acceptors (Lipinski definition) is 4. The maximum absolute atomic E-state index is 12.8. The summed E-state index contributed by atoms with van der Waals surface area (Å²) in [6, 6.07) is 11.6. The highest BCUT2D eigenvalue weighted by Crippen LogP contribution is 2.27. The standard InChI is InChI=1S/C16H12ClFO3S/c17-11-3-7-13(8-4-11)22-15(16(20)21)9-14(19)10-1-5-12(18)6-2-10/h1-8,15H,9H2,(H,20,21)/p-1/t15-/m0/s1. The molecule has 2 aromatic rings. The molecule has 114 valence electrons.